The minimum atomic E-state index is -3.21. The molecule has 1 aliphatic carbocycles. The second kappa shape index (κ2) is 7.07. The molecule has 5 nitrogen and oxygen atoms in total. The Labute approximate surface area is 143 Å². The average molecular weight is 348 g/mol. The third kappa shape index (κ3) is 4.45. The molecule has 1 aromatic rings. The van der Waals surface area contributed by atoms with Crippen LogP contribution in [0.5, 0.6) is 0 Å². The minimum Gasteiger partial charge on any atom is -0.306 e. The second-order valence-electron chi connectivity index (χ2n) is 6.78. The predicted molar refractivity (Wildman–Crippen MR) is 95.5 cm³/mol. The monoisotopic (exact) mass is 348 g/mol. The molecule has 1 atom stereocenters. The van der Waals surface area contributed by atoms with Crippen LogP contribution in [0.25, 0.3) is 0 Å². The fourth-order valence-corrected chi connectivity index (χ4v) is 4.34. The van der Waals surface area contributed by atoms with Crippen LogP contribution in [-0.4, -0.2) is 51.2 Å². The van der Waals surface area contributed by atoms with Gasteiger partial charge >= 0.3 is 0 Å². The van der Waals surface area contributed by atoms with Gasteiger partial charge < -0.3 is 9.80 Å². The second-order valence-corrected chi connectivity index (χ2v) is 8.71. The number of carbonyl (C=O) groups excluding carboxylic acids is 1. The Kier molecular flexibility index (Phi) is 5.06. The molecule has 0 spiro atoms. The van der Waals surface area contributed by atoms with Gasteiger partial charge in [-0.2, -0.15) is 0 Å². The number of rotatable bonds is 7. The molecule has 1 fully saturated rings. The van der Waals surface area contributed by atoms with Gasteiger partial charge in [0.1, 0.15) is 0 Å². The lowest BCUT2D eigenvalue weighted by atomic mass is 10.2. The highest BCUT2D eigenvalue weighted by molar-refractivity contribution is 7.94. The van der Waals surface area contributed by atoms with E-state index in [4.69, 9.17) is 0 Å². The first-order valence-corrected chi connectivity index (χ1v) is 10.1. The molecule has 1 unspecified atom stereocenters. The Morgan fingerprint density at radius 1 is 1.21 bits per heavy atom. The molecular formula is C18H24N2O3S. The Bertz CT molecular complexity index is 711. The fourth-order valence-electron chi connectivity index (χ4n) is 3.07. The third-order valence-electron chi connectivity index (χ3n) is 4.52. The number of nitrogens with zero attached hydrogens (tertiary/aromatic N) is 2. The summed E-state index contributed by atoms with van der Waals surface area (Å²) >= 11 is 0. The molecule has 0 radical (unpaired) electrons. The Balaban J connectivity index is 1.69. The number of hydrogen-bond acceptors (Lipinski definition) is 4. The van der Waals surface area contributed by atoms with E-state index in [1.54, 1.807) is 11.0 Å². The van der Waals surface area contributed by atoms with E-state index in [9.17, 15) is 13.2 Å². The van der Waals surface area contributed by atoms with E-state index < -0.39 is 15.9 Å². The summed E-state index contributed by atoms with van der Waals surface area (Å²) in [5.41, 5.74) is 0.749. The molecule has 0 saturated heterocycles. The summed E-state index contributed by atoms with van der Waals surface area (Å²) in [6, 6.07) is 8.90. The van der Waals surface area contributed by atoms with E-state index in [2.05, 4.69) is 4.90 Å². The molecule has 6 heteroatoms. The molecule has 1 saturated carbocycles. The largest absolute Gasteiger partial charge is 0.306 e. The van der Waals surface area contributed by atoms with Crippen molar-refractivity contribution in [3.63, 3.8) is 0 Å². The minimum absolute atomic E-state index is 0.0319. The van der Waals surface area contributed by atoms with E-state index in [1.165, 1.54) is 18.2 Å². The van der Waals surface area contributed by atoms with Crippen LogP contribution >= 0.6 is 0 Å². The van der Waals surface area contributed by atoms with Gasteiger partial charge in [-0.25, -0.2) is 8.42 Å². The summed E-state index contributed by atoms with van der Waals surface area (Å²) in [5, 5.41) is 1.22. The lowest BCUT2D eigenvalue weighted by molar-refractivity contribution is -0.119. The molecule has 1 aromatic carbocycles. The highest BCUT2D eigenvalue weighted by Crippen LogP contribution is 2.29. The predicted octanol–water partition coefficient (Wildman–Crippen LogP) is 2.06. The summed E-state index contributed by atoms with van der Waals surface area (Å²) in [7, 11) is -1.17. The van der Waals surface area contributed by atoms with Crippen LogP contribution in [0.4, 0.5) is 5.69 Å². The maximum Gasteiger partial charge on any atom is 0.228 e. The molecule has 2 aliphatic rings. The number of sulfone groups is 1. The van der Waals surface area contributed by atoms with E-state index in [1.807, 2.05) is 37.4 Å². The van der Waals surface area contributed by atoms with Crippen molar-refractivity contribution in [1.82, 2.24) is 4.90 Å². The number of benzene rings is 1. The van der Waals surface area contributed by atoms with Gasteiger partial charge in [0.2, 0.25) is 5.91 Å². The topological polar surface area (TPSA) is 57.7 Å². The molecule has 24 heavy (non-hydrogen) atoms. The number of anilines is 1. The number of carbonyl (C=O) groups is 1. The van der Waals surface area contributed by atoms with Gasteiger partial charge in [0, 0.05) is 30.6 Å². The lowest BCUT2D eigenvalue weighted by Gasteiger charge is -2.28. The normalized spacial score (nSPS) is 22.0. The Morgan fingerprint density at radius 2 is 1.92 bits per heavy atom. The first-order valence-electron chi connectivity index (χ1n) is 8.41. The zero-order chi connectivity index (χ0) is 17.2. The molecular weight excluding hydrogens is 324 g/mol. The molecule has 1 amide bonds. The van der Waals surface area contributed by atoms with Crippen molar-refractivity contribution in [2.45, 2.75) is 25.3 Å². The molecule has 0 aromatic heterocycles. The summed E-state index contributed by atoms with van der Waals surface area (Å²) in [4.78, 5) is 16.6. The van der Waals surface area contributed by atoms with Gasteiger partial charge in [-0.05, 0) is 44.0 Å². The zero-order valence-corrected chi connectivity index (χ0v) is 14.8. The first kappa shape index (κ1) is 17.2. The zero-order valence-electron chi connectivity index (χ0n) is 14.0. The van der Waals surface area contributed by atoms with E-state index in [0.717, 1.165) is 18.2 Å². The van der Waals surface area contributed by atoms with Crippen LogP contribution in [0.2, 0.25) is 0 Å². The van der Waals surface area contributed by atoms with Gasteiger partial charge in [-0.3, -0.25) is 4.79 Å². The smallest absolute Gasteiger partial charge is 0.228 e. The molecule has 0 N–H and O–H groups in total. The van der Waals surface area contributed by atoms with Crippen molar-refractivity contribution >= 4 is 21.4 Å². The number of para-hydroxylation sites is 1. The highest BCUT2D eigenvalue weighted by Gasteiger charge is 2.31. The molecule has 0 bridgehead atoms. The van der Waals surface area contributed by atoms with Crippen molar-refractivity contribution in [3.05, 3.63) is 41.8 Å². The van der Waals surface area contributed by atoms with Crippen molar-refractivity contribution in [2.75, 3.05) is 30.8 Å². The number of hydrogen-bond donors (Lipinski definition) is 0. The lowest BCUT2D eigenvalue weighted by Crippen LogP contribution is -2.42. The van der Waals surface area contributed by atoms with Crippen molar-refractivity contribution < 1.29 is 13.2 Å². The maximum atomic E-state index is 12.8. The van der Waals surface area contributed by atoms with Gasteiger partial charge in [0.25, 0.3) is 0 Å². The average Bonchev–Trinajstić information content (AvgIpc) is 3.29. The molecule has 1 aliphatic heterocycles. The molecule has 1 heterocycles. The van der Waals surface area contributed by atoms with Crippen LogP contribution in [-0.2, 0) is 14.6 Å². The number of amides is 1. The standard InChI is InChI=1S/C18H24N2O3S/c1-19(13-15-7-8-15)11-9-18(21)20(16-5-3-2-4-6-16)17-10-12-24(22,23)14-17/h2-6,10,12,15,17H,7-9,11,13-14H2,1H3. The quantitative estimate of drug-likeness (QED) is 0.757. The van der Waals surface area contributed by atoms with Crippen molar-refractivity contribution in [2.24, 2.45) is 5.92 Å². The summed E-state index contributed by atoms with van der Waals surface area (Å²) < 4.78 is 23.5. The SMILES string of the molecule is CN(CCC(=O)N(c1ccccc1)C1C=CS(=O)(=O)C1)CC1CC1. The van der Waals surface area contributed by atoms with Gasteiger partial charge in [-0.1, -0.05) is 18.2 Å². The summed E-state index contributed by atoms with van der Waals surface area (Å²) in [6.45, 7) is 1.73. The van der Waals surface area contributed by atoms with Gasteiger partial charge in [0.05, 0.1) is 11.8 Å². The van der Waals surface area contributed by atoms with Crippen LogP contribution in [0.15, 0.2) is 41.8 Å². The fraction of sp³-hybridized carbons (Fsp3) is 0.500. The maximum absolute atomic E-state index is 12.8. The van der Waals surface area contributed by atoms with E-state index >= 15 is 0 Å². The van der Waals surface area contributed by atoms with E-state index in [-0.39, 0.29) is 11.7 Å². The van der Waals surface area contributed by atoms with Crippen molar-refractivity contribution in [1.29, 1.82) is 0 Å². The van der Waals surface area contributed by atoms with Crippen molar-refractivity contribution in [3.8, 4) is 0 Å². The van der Waals surface area contributed by atoms with E-state index in [0.29, 0.717) is 13.0 Å². The molecule has 130 valence electrons. The Morgan fingerprint density at radius 3 is 2.50 bits per heavy atom. The van der Waals surface area contributed by atoms with Crippen LogP contribution in [0, 0.1) is 5.92 Å². The summed E-state index contributed by atoms with van der Waals surface area (Å²) in [5.74, 6) is 0.722. The Hall–Kier alpha value is -1.66. The van der Waals surface area contributed by atoms with Gasteiger partial charge in [-0.15, -0.1) is 0 Å². The van der Waals surface area contributed by atoms with Gasteiger partial charge in [0.15, 0.2) is 9.84 Å². The van der Waals surface area contributed by atoms with Crippen LogP contribution in [0.1, 0.15) is 19.3 Å². The summed E-state index contributed by atoms with van der Waals surface area (Å²) in [6.07, 6.45) is 4.59. The van der Waals surface area contributed by atoms with Crippen LogP contribution in [0.3, 0.4) is 0 Å². The van der Waals surface area contributed by atoms with Crippen LogP contribution < -0.4 is 4.90 Å². The first-order chi connectivity index (χ1) is 11.4. The third-order valence-corrected chi connectivity index (χ3v) is 5.90. The molecule has 3 rings (SSSR count). The highest BCUT2D eigenvalue weighted by atomic mass is 32.2.